The molecule has 4 heterocycles. The highest BCUT2D eigenvalue weighted by molar-refractivity contribution is 6.15. The van der Waals surface area contributed by atoms with E-state index < -0.39 is 11.6 Å². The van der Waals surface area contributed by atoms with Gasteiger partial charge in [-0.2, -0.15) is 9.97 Å². The first-order valence-corrected chi connectivity index (χ1v) is 11.9. The number of aromatic amines is 1. The third-order valence-electron chi connectivity index (χ3n) is 7.37. The molecule has 12 heteroatoms. The highest BCUT2D eigenvalue weighted by atomic mass is 19.2. The zero-order valence-electron chi connectivity index (χ0n) is 19.7. The van der Waals surface area contributed by atoms with E-state index in [1.807, 2.05) is 4.90 Å². The highest BCUT2D eigenvalue weighted by Gasteiger charge is 2.51. The number of hydrogen-bond donors (Lipinski definition) is 4. The Balaban J connectivity index is 1.47. The van der Waals surface area contributed by atoms with E-state index in [0.29, 0.717) is 59.1 Å². The lowest BCUT2D eigenvalue weighted by Gasteiger charge is -2.51. The van der Waals surface area contributed by atoms with Gasteiger partial charge in [-0.3, -0.25) is 0 Å². The van der Waals surface area contributed by atoms with Crippen LogP contribution in [0.2, 0.25) is 0 Å². The van der Waals surface area contributed by atoms with Crippen LogP contribution in [0.3, 0.4) is 0 Å². The zero-order chi connectivity index (χ0) is 25.0. The van der Waals surface area contributed by atoms with Gasteiger partial charge in [0, 0.05) is 44.1 Å². The molecule has 5 N–H and O–H groups in total. The summed E-state index contributed by atoms with van der Waals surface area (Å²) in [6.07, 6.45) is 6.36. The monoisotopic (exact) mass is 496 g/mol. The Morgan fingerprint density at radius 3 is 2.69 bits per heavy atom. The first kappa shape index (κ1) is 22.8. The van der Waals surface area contributed by atoms with E-state index in [1.54, 1.807) is 7.05 Å². The van der Waals surface area contributed by atoms with Crippen molar-refractivity contribution in [2.75, 3.05) is 37.0 Å². The summed E-state index contributed by atoms with van der Waals surface area (Å²) in [6.45, 7) is 1.28. The fourth-order valence-electron chi connectivity index (χ4n) is 5.48. The fourth-order valence-corrected chi connectivity index (χ4v) is 5.48. The Hall–Kier alpha value is -3.64. The van der Waals surface area contributed by atoms with Gasteiger partial charge in [0.2, 0.25) is 0 Å². The molecule has 1 aromatic carbocycles. The maximum absolute atomic E-state index is 15.2. The van der Waals surface area contributed by atoms with Gasteiger partial charge in [0.15, 0.2) is 17.4 Å². The summed E-state index contributed by atoms with van der Waals surface area (Å²) < 4.78 is 35.5. The van der Waals surface area contributed by atoms with Crippen LogP contribution in [0, 0.1) is 17.0 Å². The smallest absolute Gasteiger partial charge is 0.326 e. The quantitative estimate of drug-likeness (QED) is 0.317. The Morgan fingerprint density at radius 2 is 2.03 bits per heavy atom. The SMILES string of the molecule is CNc1cc(F)c(F)c2c1[nH]c1nc(Oc3cnc(CCO)nc3)nc(N3CC4(CCCC4N)C3)c12. The molecule has 10 nitrogen and oxygen atoms in total. The average molecular weight is 497 g/mol. The normalized spacial score (nSPS) is 18.8. The molecule has 188 valence electrons. The number of aliphatic hydroxyl groups excluding tert-OH is 1. The molecule has 36 heavy (non-hydrogen) atoms. The number of nitrogens with zero attached hydrogens (tertiary/aromatic N) is 5. The summed E-state index contributed by atoms with van der Waals surface area (Å²) >= 11 is 0. The number of rotatable bonds is 6. The van der Waals surface area contributed by atoms with Gasteiger partial charge in [0.25, 0.3) is 0 Å². The molecule has 0 bridgehead atoms. The predicted octanol–water partition coefficient (Wildman–Crippen LogP) is 2.87. The van der Waals surface area contributed by atoms with Crippen molar-refractivity contribution >= 4 is 33.4 Å². The molecule has 1 atom stereocenters. The molecule has 3 aromatic heterocycles. The van der Waals surface area contributed by atoms with Gasteiger partial charge in [-0.25, -0.2) is 18.7 Å². The Morgan fingerprint density at radius 1 is 1.25 bits per heavy atom. The van der Waals surface area contributed by atoms with Crippen LogP contribution < -0.4 is 20.7 Å². The molecule has 1 aliphatic heterocycles. The minimum Gasteiger partial charge on any atom is -0.421 e. The fraction of sp³-hybridized carbons (Fsp3) is 0.417. The molecular formula is C24H26F2N8O2. The number of aliphatic hydroxyl groups is 1. The number of nitrogens with one attached hydrogen (secondary N) is 2. The van der Waals surface area contributed by atoms with E-state index in [2.05, 4.69) is 30.2 Å². The number of ether oxygens (including phenoxy) is 1. The molecule has 4 aromatic rings. The van der Waals surface area contributed by atoms with Crippen molar-refractivity contribution in [1.82, 2.24) is 24.9 Å². The molecule has 0 amide bonds. The van der Waals surface area contributed by atoms with Crippen LogP contribution in [-0.2, 0) is 6.42 Å². The Bertz CT molecular complexity index is 1450. The molecule has 2 aliphatic rings. The van der Waals surface area contributed by atoms with E-state index in [-0.39, 0.29) is 29.5 Å². The predicted molar refractivity (Wildman–Crippen MR) is 130 cm³/mol. The van der Waals surface area contributed by atoms with E-state index >= 15 is 4.39 Å². The molecule has 1 spiro atoms. The Kier molecular flexibility index (Phi) is 5.38. The molecule has 1 aliphatic carbocycles. The van der Waals surface area contributed by atoms with Crippen molar-refractivity contribution in [2.24, 2.45) is 11.1 Å². The van der Waals surface area contributed by atoms with Gasteiger partial charge in [-0.15, -0.1) is 0 Å². The minimum absolute atomic E-state index is 0.000705. The van der Waals surface area contributed by atoms with Gasteiger partial charge in [-0.05, 0) is 12.8 Å². The largest absolute Gasteiger partial charge is 0.421 e. The van der Waals surface area contributed by atoms with Gasteiger partial charge in [-0.1, -0.05) is 6.42 Å². The summed E-state index contributed by atoms with van der Waals surface area (Å²) in [4.78, 5) is 22.6. The van der Waals surface area contributed by atoms with Crippen molar-refractivity contribution in [3.05, 3.63) is 35.9 Å². The number of aromatic nitrogens is 5. The molecule has 6 rings (SSSR count). The number of nitrogens with two attached hydrogens (primary N) is 1. The molecule has 1 saturated heterocycles. The first-order valence-electron chi connectivity index (χ1n) is 11.9. The van der Waals surface area contributed by atoms with Crippen molar-refractivity contribution in [3.8, 4) is 11.8 Å². The second-order valence-electron chi connectivity index (χ2n) is 9.53. The third kappa shape index (κ3) is 3.51. The number of hydrogen-bond acceptors (Lipinski definition) is 9. The topological polar surface area (TPSA) is 138 Å². The number of benzene rings is 1. The van der Waals surface area contributed by atoms with Crippen LogP contribution in [0.25, 0.3) is 21.9 Å². The molecular weight excluding hydrogens is 470 g/mol. The second kappa shape index (κ2) is 8.49. The van der Waals surface area contributed by atoms with Crippen molar-refractivity contribution < 1.29 is 18.6 Å². The van der Waals surface area contributed by atoms with Crippen molar-refractivity contribution in [1.29, 1.82) is 0 Å². The van der Waals surface area contributed by atoms with Crippen LogP contribution in [0.5, 0.6) is 11.8 Å². The lowest BCUT2D eigenvalue weighted by molar-refractivity contribution is 0.192. The number of fused-ring (bicyclic) bond motifs is 3. The van der Waals surface area contributed by atoms with Crippen molar-refractivity contribution in [3.63, 3.8) is 0 Å². The summed E-state index contributed by atoms with van der Waals surface area (Å²) in [6, 6.07) is 1.23. The molecule has 1 saturated carbocycles. The molecule has 0 radical (unpaired) electrons. The minimum atomic E-state index is -0.963. The third-order valence-corrected chi connectivity index (χ3v) is 7.37. The zero-order valence-corrected chi connectivity index (χ0v) is 19.7. The summed E-state index contributed by atoms with van der Waals surface area (Å²) in [7, 11) is 1.64. The maximum Gasteiger partial charge on any atom is 0.326 e. The van der Waals surface area contributed by atoms with Crippen LogP contribution in [0.1, 0.15) is 25.1 Å². The summed E-state index contributed by atoms with van der Waals surface area (Å²) in [5.74, 6) is -0.681. The van der Waals surface area contributed by atoms with Gasteiger partial charge < -0.3 is 30.8 Å². The van der Waals surface area contributed by atoms with E-state index in [1.165, 1.54) is 12.4 Å². The molecule has 2 fully saturated rings. The van der Waals surface area contributed by atoms with E-state index in [9.17, 15) is 4.39 Å². The lowest BCUT2D eigenvalue weighted by atomic mass is 9.75. The van der Waals surface area contributed by atoms with Crippen LogP contribution in [0.4, 0.5) is 20.3 Å². The van der Waals surface area contributed by atoms with Gasteiger partial charge >= 0.3 is 6.01 Å². The van der Waals surface area contributed by atoms with Gasteiger partial charge in [0.1, 0.15) is 17.3 Å². The number of anilines is 2. The van der Waals surface area contributed by atoms with Crippen LogP contribution >= 0.6 is 0 Å². The van der Waals surface area contributed by atoms with Crippen LogP contribution in [-0.4, -0.2) is 62.8 Å². The van der Waals surface area contributed by atoms with Gasteiger partial charge in [0.05, 0.1) is 41.0 Å². The lowest BCUT2D eigenvalue weighted by Crippen LogP contribution is -2.62. The van der Waals surface area contributed by atoms with Crippen LogP contribution in [0.15, 0.2) is 18.5 Å². The highest BCUT2D eigenvalue weighted by Crippen LogP contribution is 2.48. The number of halogens is 2. The molecule has 1 unspecified atom stereocenters. The first-order chi connectivity index (χ1) is 17.4. The van der Waals surface area contributed by atoms with E-state index in [0.717, 1.165) is 25.3 Å². The summed E-state index contributed by atoms with van der Waals surface area (Å²) in [5.41, 5.74) is 7.53. The second-order valence-corrected chi connectivity index (χ2v) is 9.53. The van der Waals surface area contributed by atoms with E-state index in [4.69, 9.17) is 15.6 Å². The summed E-state index contributed by atoms with van der Waals surface area (Å²) in [5, 5.41) is 12.4. The average Bonchev–Trinajstić information content (AvgIpc) is 3.42. The Labute approximate surface area is 204 Å². The van der Waals surface area contributed by atoms with Crippen molar-refractivity contribution in [2.45, 2.75) is 31.7 Å². The maximum atomic E-state index is 15.2. The standard InChI is InChI=1S/C24H26F2N8O2/c1-28-14-7-13(25)19(26)17-18-21(31-20(14)17)32-23(36-12-8-29-16(4-6-35)30-9-12)33-22(18)34-10-24(11-34)5-2-3-15(24)27/h7-9,15,28,35H,2-6,10-11,27H2,1H3,(H,31,32,33). The number of H-pyrrole nitrogens is 1.